The summed E-state index contributed by atoms with van der Waals surface area (Å²) in [5.74, 6) is 0.822. The summed E-state index contributed by atoms with van der Waals surface area (Å²) < 4.78 is 11.1. The van der Waals surface area contributed by atoms with Gasteiger partial charge in [-0.3, -0.25) is 4.90 Å². The number of ether oxygens (including phenoxy) is 1. The van der Waals surface area contributed by atoms with Gasteiger partial charge in [0.05, 0.1) is 12.0 Å². The molecule has 2 aromatic rings. The van der Waals surface area contributed by atoms with Gasteiger partial charge in [0.1, 0.15) is 5.60 Å². The second-order valence-electron chi connectivity index (χ2n) is 8.93. The minimum atomic E-state index is -0.444. The zero-order valence-corrected chi connectivity index (χ0v) is 17.9. The summed E-state index contributed by atoms with van der Waals surface area (Å²) in [7, 11) is 2.17. The molecule has 1 unspecified atom stereocenters. The van der Waals surface area contributed by atoms with Crippen molar-refractivity contribution in [3.05, 3.63) is 29.5 Å². The fraction of sp³-hybridized carbons (Fsp3) is 0.619. The van der Waals surface area contributed by atoms with E-state index >= 15 is 0 Å². The Bertz CT molecular complexity index is 797. The van der Waals surface area contributed by atoms with E-state index in [4.69, 9.17) is 14.1 Å². The molecule has 2 saturated heterocycles. The number of piperidine rings is 1. The largest absolute Gasteiger partial charge is 0.462 e. The Hall–Kier alpha value is -1.86. The lowest BCUT2D eigenvalue weighted by Gasteiger charge is -2.42. The van der Waals surface area contributed by atoms with Crippen LogP contribution in [0, 0.1) is 0 Å². The topological polar surface area (TPSA) is 58.8 Å². The highest BCUT2D eigenvalue weighted by Crippen LogP contribution is 2.38. The highest BCUT2D eigenvalue weighted by atomic mass is 32.1. The molecule has 0 spiro atoms. The van der Waals surface area contributed by atoms with Gasteiger partial charge in [-0.1, -0.05) is 0 Å². The number of hydrogen-bond acceptors (Lipinski definition) is 6. The maximum Gasteiger partial charge on any atom is 0.410 e. The number of fused-ring (bicyclic) bond motifs is 2. The van der Waals surface area contributed by atoms with Crippen LogP contribution in [0.25, 0.3) is 10.8 Å². The summed E-state index contributed by atoms with van der Waals surface area (Å²) in [6, 6.07) is 4.86. The number of amides is 1. The first kappa shape index (κ1) is 19.5. The van der Waals surface area contributed by atoms with Crippen molar-refractivity contribution in [3.8, 4) is 10.8 Å². The summed E-state index contributed by atoms with van der Waals surface area (Å²) in [6.45, 7) is 6.60. The van der Waals surface area contributed by atoms with Gasteiger partial charge >= 0.3 is 6.09 Å². The molecule has 2 aromatic heterocycles. The normalized spacial score (nSPS) is 24.8. The predicted octanol–water partition coefficient (Wildman–Crippen LogP) is 4.77. The van der Waals surface area contributed by atoms with Crippen LogP contribution in [0.4, 0.5) is 4.79 Å². The molecule has 0 N–H and O–H groups in total. The van der Waals surface area contributed by atoms with Crippen LogP contribution in [0.5, 0.6) is 0 Å². The first-order valence-electron chi connectivity index (χ1n) is 10.00. The monoisotopic (exact) mass is 403 g/mol. The van der Waals surface area contributed by atoms with Crippen LogP contribution in [-0.2, 0) is 11.3 Å². The smallest absolute Gasteiger partial charge is 0.410 e. The van der Waals surface area contributed by atoms with E-state index in [-0.39, 0.29) is 18.2 Å². The van der Waals surface area contributed by atoms with Gasteiger partial charge in [0.25, 0.3) is 0 Å². The lowest BCUT2D eigenvalue weighted by molar-refractivity contribution is -0.00284. The average Bonchev–Trinajstić information content (AvgIpc) is 3.33. The van der Waals surface area contributed by atoms with Gasteiger partial charge in [0.2, 0.25) is 0 Å². The summed E-state index contributed by atoms with van der Waals surface area (Å²) in [5.41, 5.74) is 0.626. The molecule has 0 saturated carbocycles. The first-order valence-corrected chi connectivity index (χ1v) is 10.9. The Labute approximate surface area is 170 Å². The molecule has 2 bridgehead atoms. The molecular weight excluding hydrogens is 374 g/mol. The molecule has 0 aliphatic carbocycles. The van der Waals surface area contributed by atoms with E-state index in [0.717, 1.165) is 48.7 Å². The second-order valence-corrected chi connectivity index (χ2v) is 9.79. The van der Waals surface area contributed by atoms with Crippen molar-refractivity contribution in [1.29, 1.82) is 0 Å². The van der Waals surface area contributed by atoms with Crippen molar-refractivity contribution in [2.45, 2.75) is 76.7 Å². The third kappa shape index (κ3) is 4.10. The van der Waals surface area contributed by atoms with E-state index in [1.54, 1.807) is 17.6 Å². The summed E-state index contributed by atoms with van der Waals surface area (Å²) in [4.78, 5) is 21.7. The first-order chi connectivity index (χ1) is 13.3. The maximum absolute atomic E-state index is 12.6. The van der Waals surface area contributed by atoms with E-state index in [1.807, 2.05) is 37.8 Å². The predicted molar refractivity (Wildman–Crippen MR) is 109 cm³/mol. The van der Waals surface area contributed by atoms with Gasteiger partial charge < -0.3 is 14.1 Å². The van der Waals surface area contributed by atoms with Crippen LogP contribution < -0.4 is 0 Å². The third-order valence-corrected chi connectivity index (χ3v) is 6.54. The fourth-order valence-electron chi connectivity index (χ4n) is 4.40. The van der Waals surface area contributed by atoms with Gasteiger partial charge in [-0.05, 0) is 65.6 Å². The molecule has 1 amide bonds. The number of rotatable bonds is 4. The number of thiazole rings is 1. The Morgan fingerprint density at radius 3 is 2.68 bits per heavy atom. The lowest BCUT2D eigenvalue weighted by atomic mass is 9.96. The quantitative estimate of drug-likeness (QED) is 0.736. The Morgan fingerprint density at radius 1 is 1.36 bits per heavy atom. The molecule has 3 atom stereocenters. The average molecular weight is 404 g/mol. The molecule has 6 nitrogen and oxygen atoms in total. The molecule has 2 fully saturated rings. The van der Waals surface area contributed by atoms with E-state index in [9.17, 15) is 4.79 Å². The standard InChI is InChI=1S/C21H29N3O3S/c1-21(2,3)27-20(25)24-15-7-8-16(24)11-17(10-15)23(4)12-14-13-28-19(22-14)18-6-5-9-26-18/h5-6,9,13,15-17H,7-8,10-12H2,1-4H3/t15-,16+,17?. The summed E-state index contributed by atoms with van der Waals surface area (Å²) >= 11 is 1.62. The summed E-state index contributed by atoms with van der Waals surface area (Å²) in [6.07, 6.45) is 5.68. The molecule has 28 heavy (non-hydrogen) atoms. The minimum absolute atomic E-state index is 0.149. The minimum Gasteiger partial charge on any atom is -0.462 e. The number of carbonyl (C=O) groups excluding carboxylic acids is 1. The van der Waals surface area contributed by atoms with E-state index in [1.165, 1.54) is 0 Å². The molecule has 152 valence electrons. The van der Waals surface area contributed by atoms with Gasteiger partial charge in [0, 0.05) is 30.1 Å². The van der Waals surface area contributed by atoms with Gasteiger partial charge in [-0.2, -0.15) is 0 Å². The van der Waals surface area contributed by atoms with Gasteiger partial charge in [-0.15, -0.1) is 11.3 Å². The van der Waals surface area contributed by atoms with Crippen molar-refractivity contribution in [2.24, 2.45) is 0 Å². The van der Waals surface area contributed by atoms with Crippen molar-refractivity contribution in [1.82, 2.24) is 14.8 Å². The Kier molecular flexibility index (Phi) is 5.22. The number of nitrogens with zero attached hydrogens (tertiary/aromatic N) is 3. The maximum atomic E-state index is 12.6. The fourth-order valence-corrected chi connectivity index (χ4v) is 5.18. The highest BCUT2D eigenvalue weighted by molar-refractivity contribution is 7.13. The Morgan fingerprint density at radius 2 is 2.07 bits per heavy atom. The zero-order chi connectivity index (χ0) is 19.9. The Balaban J connectivity index is 1.37. The van der Waals surface area contributed by atoms with E-state index in [2.05, 4.69) is 17.3 Å². The van der Waals surface area contributed by atoms with Gasteiger partial charge in [0.15, 0.2) is 10.8 Å². The van der Waals surface area contributed by atoms with Crippen LogP contribution in [0.1, 0.15) is 52.1 Å². The lowest BCUT2D eigenvalue weighted by Crippen LogP contribution is -2.52. The second kappa shape index (κ2) is 7.52. The number of hydrogen-bond donors (Lipinski definition) is 0. The number of furan rings is 1. The SMILES string of the molecule is CN(Cc1csc(-c2ccco2)n1)C1C[C@H]2CC[C@@H](C1)N2C(=O)OC(C)(C)C. The molecule has 0 aromatic carbocycles. The van der Waals surface area contributed by atoms with Crippen LogP contribution in [0.3, 0.4) is 0 Å². The molecular formula is C21H29N3O3S. The van der Waals surface area contributed by atoms with E-state index in [0.29, 0.717) is 6.04 Å². The number of carbonyl (C=O) groups is 1. The van der Waals surface area contributed by atoms with Crippen LogP contribution >= 0.6 is 11.3 Å². The van der Waals surface area contributed by atoms with Gasteiger partial charge in [-0.25, -0.2) is 9.78 Å². The van der Waals surface area contributed by atoms with Crippen molar-refractivity contribution < 1.29 is 13.9 Å². The van der Waals surface area contributed by atoms with Crippen LogP contribution in [0.2, 0.25) is 0 Å². The number of aromatic nitrogens is 1. The molecule has 2 aliphatic rings. The van der Waals surface area contributed by atoms with Crippen molar-refractivity contribution in [3.63, 3.8) is 0 Å². The summed E-state index contributed by atoms with van der Waals surface area (Å²) in [5, 5.41) is 3.03. The molecule has 0 radical (unpaired) electrons. The zero-order valence-electron chi connectivity index (χ0n) is 17.1. The molecule has 4 heterocycles. The third-order valence-electron chi connectivity index (χ3n) is 5.63. The van der Waals surface area contributed by atoms with E-state index < -0.39 is 5.60 Å². The molecule has 7 heteroatoms. The highest BCUT2D eigenvalue weighted by Gasteiger charge is 2.45. The van der Waals surface area contributed by atoms with Crippen LogP contribution in [-0.4, -0.2) is 51.7 Å². The molecule has 2 aliphatic heterocycles. The van der Waals surface area contributed by atoms with Crippen molar-refractivity contribution >= 4 is 17.4 Å². The van der Waals surface area contributed by atoms with Crippen LogP contribution in [0.15, 0.2) is 28.2 Å². The molecule has 4 rings (SSSR count). The van der Waals surface area contributed by atoms with Crippen molar-refractivity contribution in [2.75, 3.05) is 7.05 Å².